The quantitative estimate of drug-likeness (QED) is 0.621. The Hall–Kier alpha value is -3.01. The number of hydrogen-bond donors (Lipinski definition) is 1. The van der Waals surface area contributed by atoms with Crippen molar-refractivity contribution in [1.82, 2.24) is 14.7 Å². The molecule has 4 heterocycles. The van der Waals surface area contributed by atoms with Gasteiger partial charge in [-0.1, -0.05) is 24.3 Å². The van der Waals surface area contributed by atoms with E-state index >= 15 is 0 Å². The number of nitrogens with one attached hydrogen (secondary N) is 1. The summed E-state index contributed by atoms with van der Waals surface area (Å²) in [7, 11) is 0. The van der Waals surface area contributed by atoms with Crippen molar-refractivity contribution in [1.29, 1.82) is 0 Å². The van der Waals surface area contributed by atoms with Crippen molar-refractivity contribution in [2.24, 2.45) is 0 Å². The third-order valence-corrected chi connectivity index (χ3v) is 7.03. The van der Waals surface area contributed by atoms with Gasteiger partial charge >= 0.3 is 6.18 Å². The van der Waals surface area contributed by atoms with Crippen LogP contribution in [0.1, 0.15) is 33.7 Å². The Labute approximate surface area is 187 Å². The molecule has 1 amide bonds. The van der Waals surface area contributed by atoms with Crippen molar-refractivity contribution >= 4 is 28.7 Å². The number of thiophene rings is 1. The molecule has 2 aromatic heterocycles. The monoisotopic (exact) mass is 461 g/mol. The molecule has 2 atom stereocenters. The fourth-order valence-corrected chi connectivity index (χ4v) is 5.16. The van der Waals surface area contributed by atoms with Gasteiger partial charge in [-0.15, -0.1) is 11.3 Å². The molecule has 3 aromatic rings. The summed E-state index contributed by atoms with van der Waals surface area (Å²) in [5.41, 5.74) is 1.28. The molecule has 1 N–H and O–H groups in total. The van der Waals surface area contributed by atoms with Gasteiger partial charge in [0.25, 0.3) is 5.91 Å². The average Bonchev–Trinajstić information content (AvgIpc) is 3.48. The predicted octanol–water partition coefficient (Wildman–Crippen LogP) is 4.57. The first kappa shape index (κ1) is 20.9. The van der Waals surface area contributed by atoms with Crippen LogP contribution in [0.25, 0.3) is 0 Å². The largest absolute Gasteiger partial charge is 0.410 e. The molecule has 168 valence electrons. The number of aromatic nitrogens is 2. The first-order chi connectivity index (χ1) is 15.4. The standard InChI is InChI=1S/C22H22F3N5OS/c23-22(24,25)19-13-17(18-7-4-12-32-18)27-20-16(14-26-30(19)20)21(31)29-10-8-28(9-11-29)15-5-2-1-3-6-15/h1-7,12,14,17,19,27H,8-11,13H2/t17-,19-/m0/s1. The van der Waals surface area contributed by atoms with Crippen LogP contribution in [0, 0.1) is 0 Å². The number of hydrogen-bond acceptors (Lipinski definition) is 5. The van der Waals surface area contributed by atoms with Gasteiger partial charge in [-0.2, -0.15) is 18.3 Å². The van der Waals surface area contributed by atoms with Gasteiger partial charge in [0.1, 0.15) is 11.4 Å². The van der Waals surface area contributed by atoms with E-state index in [9.17, 15) is 18.0 Å². The van der Waals surface area contributed by atoms with E-state index in [1.54, 1.807) is 4.90 Å². The van der Waals surface area contributed by atoms with Gasteiger partial charge < -0.3 is 15.1 Å². The summed E-state index contributed by atoms with van der Waals surface area (Å²) in [6.07, 6.45) is -3.36. The van der Waals surface area contributed by atoms with Gasteiger partial charge in [0, 0.05) is 43.2 Å². The highest BCUT2D eigenvalue weighted by atomic mass is 32.1. The summed E-state index contributed by atoms with van der Waals surface area (Å²) in [6.45, 7) is 2.32. The SMILES string of the molecule is O=C(c1cnn2c1N[C@H](c1cccs1)C[C@H]2C(F)(F)F)N1CCN(c2ccccc2)CC1. The Kier molecular flexibility index (Phi) is 5.32. The highest BCUT2D eigenvalue weighted by Crippen LogP contribution is 2.45. The fraction of sp³-hybridized carbons (Fsp3) is 0.364. The first-order valence-electron chi connectivity index (χ1n) is 10.5. The summed E-state index contributed by atoms with van der Waals surface area (Å²) < 4.78 is 42.4. The van der Waals surface area contributed by atoms with Crippen molar-refractivity contribution in [2.75, 3.05) is 36.4 Å². The van der Waals surface area contributed by atoms with Crippen LogP contribution in [0.4, 0.5) is 24.7 Å². The molecular formula is C22H22F3N5OS. The van der Waals surface area contributed by atoms with Crippen LogP contribution in [-0.2, 0) is 0 Å². The lowest BCUT2D eigenvalue weighted by Crippen LogP contribution is -2.49. The molecule has 0 aliphatic carbocycles. The Bertz CT molecular complexity index is 1070. The van der Waals surface area contributed by atoms with E-state index in [-0.39, 0.29) is 23.7 Å². The summed E-state index contributed by atoms with van der Waals surface area (Å²) in [5, 5.41) is 8.97. The lowest BCUT2D eigenvalue weighted by Gasteiger charge is -2.37. The van der Waals surface area contributed by atoms with E-state index in [0.29, 0.717) is 26.2 Å². The summed E-state index contributed by atoms with van der Waals surface area (Å²) in [4.78, 5) is 18.0. The summed E-state index contributed by atoms with van der Waals surface area (Å²) in [5.74, 6) is -0.147. The van der Waals surface area contributed by atoms with Gasteiger partial charge in [-0.05, 0) is 23.6 Å². The molecule has 10 heteroatoms. The molecule has 6 nitrogen and oxygen atoms in total. The minimum atomic E-state index is -4.46. The maximum absolute atomic E-state index is 13.8. The van der Waals surface area contributed by atoms with Crippen LogP contribution in [0.2, 0.25) is 0 Å². The molecule has 32 heavy (non-hydrogen) atoms. The maximum Gasteiger partial charge on any atom is 0.410 e. The number of benzene rings is 1. The van der Waals surface area contributed by atoms with Gasteiger partial charge in [0.15, 0.2) is 6.04 Å². The number of fused-ring (bicyclic) bond motifs is 1. The molecule has 0 radical (unpaired) electrons. The summed E-state index contributed by atoms with van der Waals surface area (Å²) in [6, 6.07) is 11.3. The number of amides is 1. The minimum absolute atomic E-state index is 0.146. The van der Waals surface area contributed by atoms with E-state index in [4.69, 9.17) is 0 Å². The third kappa shape index (κ3) is 3.83. The van der Waals surface area contributed by atoms with Gasteiger partial charge in [0.2, 0.25) is 0 Å². The number of rotatable bonds is 3. The van der Waals surface area contributed by atoms with Gasteiger partial charge in [-0.25, -0.2) is 4.68 Å². The molecule has 0 unspecified atom stereocenters. The molecule has 5 rings (SSSR count). The number of para-hydroxylation sites is 1. The van der Waals surface area contributed by atoms with Crippen LogP contribution in [0.5, 0.6) is 0 Å². The van der Waals surface area contributed by atoms with Gasteiger partial charge in [0.05, 0.1) is 12.2 Å². The first-order valence-corrected chi connectivity index (χ1v) is 11.3. The molecule has 0 spiro atoms. The number of carbonyl (C=O) groups is 1. The Morgan fingerprint density at radius 3 is 2.47 bits per heavy atom. The number of halogens is 3. The Morgan fingerprint density at radius 1 is 1.06 bits per heavy atom. The van der Waals surface area contributed by atoms with Crippen molar-refractivity contribution in [3.05, 3.63) is 64.5 Å². The van der Waals surface area contributed by atoms with Crippen LogP contribution in [0.15, 0.2) is 54.0 Å². The summed E-state index contributed by atoms with van der Waals surface area (Å²) >= 11 is 1.40. The van der Waals surface area contributed by atoms with E-state index in [2.05, 4.69) is 15.3 Å². The van der Waals surface area contributed by atoms with Crippen molar-refractivity contribution in [2.45, 2.75) is 24.7 Å². The minimum Gasteiger partial charge on any atom is -0.368 e. The number of anilines is 2. The van der Waals surface area contributed by atoms with E-state index in [1.165, 1.54) is 17.5 Å². The lowest BCUT2D eigenvalue weighted by atomic mass is 10.0. The topological polar surface area (TPSA) is 53.4 Å². The molecule has 2 aliphatic rings. The van der Waals surface area contributed by atoms with Crippen molar-refractivity contribution in [3.63, 3.8) is 0 Å². The maximum atomic E-state index is 13.8. The van der Waals surface area contributed by atoms with Crippen LogP contribution in [0.3, 0.4) is 0 Å². The number of carbonyl (C=O) groups excluding carboxylic acids is 1. The zero-order chi connectivity index (χ0) is 22.3. The highest BCUT2D eigenvalue weighted by Gasteiger charge is 2.47. The van der Waals surface area contributed by atoms with Crippen molar-refractivity contribution < 1.29 is 18.0 Å². The second-order valence-corrected chi connectivity index (χ2v) is 8.95. The molecular weight excluding hydrogens is 439 g/mol. The van der Waals surface area contributed by atoms with Crippen LogP contribution >= 0.6 is 11.3 Å². The molecule has 1 aromatic carbocycles. The zero-order valence-corrected chi connectivity index (χ0v) is 17.9. The third-order valence-electron chi connectivity index (χ3n) is 6.04. The number of piperazine rings is 1. The number of nitrogens with zero attached hydrogens (tertiary/aromatic N) is 4. The van der Waals surface area contributed by atoms with Crippen LogP contribution in [-0.4, -0.2) is 52.9 Å². The van der Waals surface area contributed by atoms with Crippen LogP contribution < -0.4 is 10.2 Å². The van der Waals surface area contributed by atoms with E-state index < -0.39 is 18.3 Å². The fourth-order valence-electron chi connectivity index (χ4n) is 4.37. The smallest absolute Gasteiger partial charge is 0.368 e. The predicted molar refractivity (Wildman–Crippen MR) is 117 cm³/mol. The second-order valence-electron chi connectivity index (χ2n) is 7.97. The normalized spacial score (nSPS) is 21.2. The number of alkyl halides is 3. The molecule has 0 saturated carbocycles. The Morgan fingerprint density at radius 2 is 1.81 bits per heavy atom. The van der Waals surface area contributed by atoms with Crippen molar-refractivity contribution in [3.8, 4) is 0 Å². The van der Waals surface area contributed by atoms with E-state index in [0.717, 1.165) is 15.2 Å². The average molecular weight is 462 g/mol. The molecule has 1 fully saturated rings. The highest BCUT2D eigenvalue weighted by molar-refractivity contribution is 7.10. The lowest BCUT2D eigenvalue weighted by molar-refractivity contribution is -0.173. The zero-order valence-electron chi connectivity index (χ0n) is 17.1. The molecule has 0 bridgehead atoms. The Balaban J connectivity index is 1.38. The van der Waals surface area contributed by atoms with E-state index in [1.807, 2.05) is 47.8 Å². The second kappa shape index (κ2) is 8.16. The molecule has 1 saturated heterocycles. The van der Waals surface area contributed by atoms with Gasteiger partial charge in [-0.3, -0.25) is 4.79 Å². The molecule has 2 aliphatic heterocycles.